The molecule has 0 aliphatic carbocycles. The summed E-state index contributed by atoms with van der Waals surface area (Å²) < 4.78 is 5.62. The summed E-state index contributed by atoms with van der Waals surface area (Å²) in [5, 5.41) is 11.7. The lowest BCUT2D eigenvalue weighted by molar-refractivity contribution is 0.555. The fourth-order valence-corrected chi connectivity index (χ4v) is 9.07. The van der Waals surface area contributed by atoms with E-state index in [0.717, 1.165) is 13.0 Å². The summed E-state index contributed by atoms with van der Waals surface area (Å²) in [7, 11) is 0. The molecule has 0 aliphatic heterocycles. The van der Waals surface area contributed by atoms with Gasteiger partial charge in [-0.15, -0.1) is 22.7 Å². The zero-order valence-electron chi connectivity index (χ0n) is 25.4. The maximum Gasteiger partial charge on any atom is 0.0542 e. The van der Waals surface area contributed by atoms with E-state index < -0.39 is 0 Å². The van der Waals surface area contributed by atoms with Crippen LogP contribution in [0.25, 0.3) is 51.1 Å². The smallest absolute Gasteiger partial charge is 0.0542 e. The van der Waals surface area contributed by atoms with Crippen LogP contribution in [-0.2, 0) is 0 Å². The van der Waals surface area contributed by atoms with E-state index in [2.05, 4.69) is 79.8 Å². The van der Waals surface area contributed by atoms with Gasteiger partial charge in [-0.25, -0.2) is 0 Å². The summed E-state index contributed by atoms with van der Waals surface area (Å²) in [4.78, 5) is 0. The van der Waals surface area contributed by atoms with E-state index in [4.69, 9.17) is 5.73 Å². The van der Waals surface area contributed by atoms with Crippen LogP contribution >= 0.6 is 22.7 Å². The van der Waals surface area contributed by atoms with Gasteiger partial charge in [-0.1, -0.05) is 96.3 Å². The van der Waals surface area contributed by atoms with Crippen molar-refractivity contribution >= 4 is 79.5 Å². The number of nitrogens with two attached hydrogens (primary N) is 1. The average molecular weight is 595 g/mol. The molecule has 0 saturated heterocycles. The van der Waals surface area contributed by atoms with Gasteiger partial charge < -0.3 is 11.1 Å². The zero-order chi connectivity index (χ0) is 28.9. The third-order valence-corrected chi connectivity index (χ3v) is 11.4. The lowest BCUT2D eigenvalue weighted by atomic mass is 9.97. The molecule has 1 unspecified atom stereocenters. The zero-order valence-corrected chi connectivity index (χ0v) is 27.1. The van der Waals surface area contributed by atoms with Crippen molar-refractivity contribution in [3.8, 4) is 0 Å². The van der Waals surface area contributed by atoms with Gasteiger partial charge in [-0.05, 0) is 82.4 Å². The molecule has 0 amide bonds. The van der Waals surface area contributed by atoms with Gasteiger partial charge in [0.05, 0.1) is 9.40 Å². The molecule has 0 fully saturated rings. The van der Waals surface area contributed by atoms with Crippen LogP contribution in [0.4, 0.5) is 5.69 Å². The second kappa shape index (κ2) is 13.8. The summed E-state index contributed by atoms with van der Waals surface area (Å²) in [6, 6.07) is 23.5. The molecule has 2 aromatic heterocycles. The second-order valence-corrected chi connectivity index (χ2v) is 14.3. The van der Waals surface area contributed by atoms with E-state index >= 15 is 0 Å². The summed E-state index contributed by atoms with van der Waals surface area (Å²) >= 11 is 3.90. The first-order valence-electron chi connectivity index (χ1n) is 16.4. The van der Waals surface area contributed by atoms with Crippen molar-refractivity contribution in [1.29, 1.82) is 0 Å². The standard InChI is InChI=1S/C38H46N2S2/c1-3-5-7-9-11-13-19-40-31-18-17-27-25-36-33(23-30(27)21-31)38-37(42-36)32-22-29-20-28(16-15-26(29)24-35(32)41-38)34(39)14-12-10-8-6-4-2/h15-18,20-25,34,40H,3-14,19,39H2,1-2H3. The molecule has 0 spiro atoms. The molecule has 2 heterocycles. The molecule has 4 heteroatoms. The van der Waals surface area contributed by atoms with Crippen molar-refractivity contribution in [1.82, 2.24) is 0 Å². The molecule has 0 saturated carbocycles. The molecule has 4 aromatic carbocycles. The average Bonchev–Trinajstić information content (AvgIpc) is 3.53. The van der Waals surface area contributed by atoms with Crippen molar-refractivity contribution in [3.05, 3.63) is 66.2 Å². The number of benzene rings is 4. The minimum absolute atomic E-state index is 0.121. The first-order valence-corrected chi connectivity index (χ1v) is 18.0. The van der Waals surface area contributed by atoms with Crippen LogP contribution in [0, 0.1) is 0 Å². The highest BCUT2D eigenvalue weighted by Gasteiger charge is 2.15. The van der Waals surface area contributed by atoms with Crippen molar-refractivity contribution in [3.63, 3.8) is 0 Å². The molecule has 1 atom stereocenters. The van der Waals surface area contributed by atoms with Gasteiger partial charge >= 0.3 is 0 Å². The Bertz CT molecular complexity index is 1790. The van der Waals surface area contributed by atoms with Crippen LogP contribution in [-0.4, -0.2) is 6.54 Å². The van der Waals surface area contributed by atoms with Gasteiger partial charge in [0.25, 0.3) is 0 Å². The van der Waals surface area contributed by atoms with Gasteiger partial charge in [-0.3, -0.25) is 0 Å². The van der Waals surface area contributed by atoms with Gasteiger partial charge in [0.2, 0.25) is 0 Å². The van der Waals surface area contributed by atoms with Crippen molar-refractivity contribution in [2.24, 2.45) is 5.73 Å². The molecule has 3 N–H and O–H groups in total. The predicted octanol–water partition coefficient (Wildman–Crippen LogP) is 12.7. The molecular weight excluding hydrogens is 549 g/mol. The Morgan fingerprint density at radius 3 is 1.83 bits per heavy atom. The fourth-order valence-electron chi connectivity index (χ4n) is 6.38. The molecule has 2 nitrogen and oxygen atoms in total. The van der Waals surface area contributed by atoms with Crippen LogP contribution in [0.3, 0.4) is 0 Å². The molecule has 6 aromatic rings. The largest absolute Gasteiger partial charge is 0.385 e. The number of hydrogen-bond donors (Lipinski definition) is 2. The van der Waals surface area contributed by atoms with Gasteiger partial charge in [0.1, 0.15) is 0 Å². The highest BCUT2D eigenvalue weighted by molar-refractivity contribution is 7.36. The van der Waals surface area contributed by atoms with Crippen molar-refractivity contribution < 1.29 is 0 Å². The highest BCUT2D eigenvalue weighted by Crippen LogP contribution is 2.46. The normalized spacial score (nSPS) is 12.8. The van der Waals surface area contributed by atoms with E-state index in [0.29, 0.717) is 0 Å². The van der Waals surface area contributed by atoms with E-state index in [1.165, 1.54) is 133 Å². The number of anilines is 1. The lowest BCUT2D eigenvalue weighted by Gasteiger charge is -2.13. The SMILES string of the molecule is CCCCCCCCNc1ccc2cc3sc4c5cc6cc(C(N)CCCCCCC)ccc6cc5sc4c3cc2c1. The minimum Gasteiger partial charge on any atom is -0.385 e. The monoisotopic (exact) mass is 594 g/mol. The summed E-state index contributed by atoms with van der Waals surface area (Å²) in [5.41, 5.74) is 9.16. The maximum atomic E-state index is 6.65. The summed E-state index contributed by atoms with van der Waals surface area (Å²) in [6.07, 6.45) is 15.5. The van der Waals surface area contributed by atoms with Gasteiger partial charge in [0.15, 0.2) is 0 Å². The maximum absolute atomic E-state index is 6.65. The number of fused-ring (bicyclic) bond motifs is 7. The lowest BCUT2D eigenvalue weighted by Crippen LogP contribution is -2.09. The molecule has 0 bridgehead atoms. The molecular formula is C38H46N2S2. The minimum atomic E-state index is 0.121. The van der Waals surface area contributed by atoms with Crippen molar-refractivity contribution in [2.45, 2.75) is 96.9 Å². The molecule has 0 aliphatic rings. The third kappa shape index (κ3) is 6.46. The Kier molecular flexibility index (Phi) is 9.63. The van der Waals surface area contributed by atoms with Crippen LogP contribution in [0.2, 0.25) is 0 Å². The quantitative estimate of drug-likeness (QED) is 0.116. The molecule has 220 valence electrons. The number of rotatable bonds is 15. The number of unbranched alkanes of at least 4 members (excludes halogenated alkanes) is 9. The van der Waals surface area contributed by atoms with Crippen molar-refractivity contribution in [2.75, 3.05) is 11.9 Å². The van der Waals surface area contributed by atoms with Crippen LogP contribution in [0.5, 0.6) is 0 Å². The molecule has 42 heavy (non-hydrogen) atoms. The Morgan fingerprint density at radius 2 is 1.17 bits per heavy atom. The van der Waals surface area contributed by atoms with E-state index in [1.54, 1.807) is 0 Å². The van der Waals surface area contributed by atoms with E-state index in [9.17, 15) is 0 Å². The molecule has 6 rings (SSSR count). The van der Waals surface area contributed by atoms with E-state index in [-0.39, 0.29) is 6.04 Å². The summed E-state index contributed by atoms with van der Waals surface area (Å²) in [6.45, 7) is 5.60. The fraction of sp³-hybridized carbons (Fsp3) is 0.421. The first kappa shape index (κ1) is 29.4. The molecule has 0 radical (unpaired) electrons. The Hall–Kier alpha value is -2.66. The van der Waals surface area contributed by atoms with Gasteiger partial charge in [0, 0.05) is 38.4 Å². The Balaban J connectivity index is 1.24. The van der Waals surface area contributed by atoms with Gasteiger partial charge in [-0.2, -0.15) is 0 Å². The Morgan fingerprint density at radius 1 is 0.595 bits per heavy atom. The highest BCUT2D eigenvalue weighted by atomic mass is 32.1. The second-order valence-electron chi connectivity index (χ2n) is 12.2. The van der Waals surface area contributed by atoms with E-state index in [1.807, 2.05) is 22.7 Å². The number of nitrogens with one attached hydrogen (secondary N) is 1. The predicted molar refractivity (Wildman–Crippen MR) is 192 cm³/mol. The Labute approximate surface area is 259 Å². The third-order valence-electron chi connectivity index (χ3n) is 8.93. The number of hydrogen-bond acceptors (Lipinski definition) is 4. The first-order chi connectivity index (χ1) is 20.6. The summed E-state index contributed by atoms with van der Waals surface area (Å²) in [5.74, 6) is 0. The van der Waals surface area contributed by atoms with Crippen LogP contribution in [0.15, 0.2) is 60.7 Å². The van der Waals surface area contributed by atoms with Crippen LogP contribution < -0.4 is 11.1 Å². The number of thiophene rings is 2. The topological polar surface area (TPSA) is 38.0 Å². The van der Waals surface area contributed by atoms with Crippen LogP contribution in [0.1, 0.15) is 103 Å².